The van der Waals surface area contributed by atoms with Gasteiger partial charge in [-0.1, -0.05) is 48.5 Å². The number of carbonyl (C=O) groups excluding carboxylic acids is 2. The first-order valence-corrected chi connectivity index (χ1v) is 24.5. The molecule has 2 aliphatic rings. The summed E-state index contributed by atoms with van der Waals surface area (Å²) in [5, 5.41) is 0. The highest BCUT2D eigenvalue weighted by atomic mass is 32.1. The summed E-state index contributed by atoms with van der Waals surface area (Å²) in [7, 11) is 6.80. The summed E-state index contributed by atoms with van der Waals surface area (Å²) in [4.78, 5) is 31.1. The van der Waals surface area contributed by atoms with Gasteiger partial charge in [-0.2, -0.15) is 0 Å². The number of benzene rings is 4. The highest BCUT2D eigenvalue weighted by Crippen LogP contribution is 2.72. The van der Waals surface area contributed by atoms with Crippen molar-refractivity contribution in [2.75, 3.05) is 28.4 Å². The Morgan fingerprint density at radius 1 is 0.371 bits per heavy atom. The summed E-state index contributed by atoms with van der Waals surface area (Å²) in [6, 6.07) is 38.2. The van der Waals surface area contributed by atoms with Gasteiger partial charge in [-0.3, -0.25) is 9.59 Å². The minimum Gasteiger partial charge on any atom is -0.497 e. The molecule has 12 rings (SSSR count). The van der Waals surface area contributed by atoms with Crippen molar-refractivity contribution in [3.8, 4) is 42.5 Å². The van der Waals surface area contributed by atoms with Crippen LogP contribution in [0, 0.1) is 0 Å². The molecule has 0 spiro atoms. The quantitative estimate of drug-likeness (QED) is 0.127. The van der Waals surface area contributed by atoms with Crippen LogP contribution in [0.25, 0.3) is 47.7 Å². The average molecular weight is 921 g/mol. The van der Waals surface area contributed by atoms with E-state index in [2.05, 4.69) is 97.1 Å². The fourth-order valence-corrected chi connectivity index (χ4v) is 18.5. The standard InChI is InChI=1S/C50H32O6S6/c1-53-29-13-5-25(6-14-29)49(26-7-15-30(54-2)16-8-26)37-41-35(21-33(23-51)57-41)59-43(37)45-39(49)47-48(61-45)40-46(62-47)44-38(42-36(60-44)22-34(24-52)58-42)50(40,27-9-17-31(55-3)18-10-27)28-11-19-32(56-4)20-12-28/h5-24H,1-4H3. The van der Waals surface area contributed by atoms with Crippen LogP contribution < -0.4 is 18.9 Å². The molecule has 6 heterocycles. The van der Waals surface area contributed by atoms with Gasteiger partial charge in [0.05, 0.1) is 87.3 Å². The second kappa shape index (κ2) is 14.0. The second-order valence-electron chi connectivity index (χ2n) is 15.2. The summed E-state index contributed by atoms with van der Waals surface area (Å²) < 4.78 is 29.9. The van der Waals surface area contributed by atoms with E-state index in [4.69, 9.17) is 18.9 Å². The summed E-state index contributed by atoms with van der Waals surface area (Å²) >= 11 is 10.5. The highest BCUT2D eigenvalue weighted by Gasteiger charge is 2.56. The molecule has 0 saturated heterocycles. The number of fused-ring (bicyclic) bond motifs is 13. The largest absolute Gasteiger partial charge is 0.497 e. The van der Waals surface area contributed by atoms with Gasteiger partial charge in [-0.25, -0.2) is 0 Å². The molecule has 0 atom stereocenters. The van der Waals surface area contributed by atoms with Gasteiger partial charge >= 0.3 is 0 Å². The van der Waals surface area contributed by atoms with E-state index in [1.807, 2.05) is 34.8 Å². The molecule has 0 fully saturated rings. The van der Waals surface area contributed by atoms with E-state index in [-0.39, 0.29) is 0 Å². The normalized spacial score (nSPS) is 14.2. The fourth-order valence-electron chi connectivity index (χ4n) is 9.97. The number of carbonyl (C=O) groups is 2. The van der Waals surface area contributed by atoms with Gasteiger partial charge in [-0.15, -0.1) is 68.0 Å². The molecular formula is C50H32O6S6. The third kappa shape index (κ3) is 4.87. The van der Waals surface area contributed by atoms with Gasteiger partial charge in [-0.05, 0) is 82.9 Å². The van der Waals surface area contributed by atoms with Gasteiger partial charge in [0.25, 0.3) is 0 Å². The van der Waals surface area contributed by atoms with Gasteiger partial charge in [0.15, 0.2) is 12.6 Å². The molecular weight excluding hydrogens is 889 g/mol. The van der Waals surface area contributed by atoms with Crippen LogP contribution >= 0.6 is 68.0 Å². The first-order chi connectivity index (χ1) is 30.4. The summed E-state index contributed by atoms with van der Waals surface area (Å²) in [6.45, 7) is 0. The lowest BCUT2D eigenvalue weighted by Gasteiger charge is -2.34. The zero-order chi connectivity index (χ0) is 42.1. The predicted octanol–water partition coefficient (Wildman–Crippen LogP) is 13.9. The third-order valence-electron chi connectivity index (χ3n) is 12.5. The van der Waals surface area contributed by atoms with Crippen LogP contribution in [0.3, 0.4) is 0 Å². The van der Waals surface area contributed by atoms with Crippen molar-refractivity contribution in [1.29, 1.82) is 0 Å². The SMILES string of the molecule is COc1ccc(C2(c3ccc(OC)cc3)c3c(sc4cc(C=O)sc34)-c3sc4c5c(sc4c32)-c2sc3cc(C=O)sc3c2C5(c2ccc(OC)cc2)c2ccc(OC)cc2)cc1. The van der Waals surface area contributed by atoms with Crippen molar-refractivity contribution in [2.45, 2.75) is 10.8 Å². The minimum absolute atomic E-state index is 0.717. The lowest BCUT2D eigenvalue weighted by atomic mass is 9.67. The van der Waals surface area contributed by atoms with Crippen LogP contribution in [-0.4, -0.2) is 41.0 Å². The van der Waals surface area contributed by atoms with Crippen LogP contribution in [0.15, 0.2) is 109 Å². The Balaban J connectivity index is 1.26. The van der Waals surface area contributed by atoms with Crippen molar-refractivity contribution >= 4 is 109 Å². The number of methoxy groups -OCH3 is 4. The Morgan fingerprint density at radius 2 is 0.645 bits per heavy atom. The zero-order valence-corrected chi connectivity index (χ0v) is 38.3. The molecule has 12 heteroatoms. The number of hydrogen-bond acceptors (Lipinski definition) is 12. The molecule has 304 valence electrons. The van der Waals surface area contributed by atoms with Crippen molar-refractivity contribution in [2.24, 2.45) is 0 Å². The molecule has 0 aliphatic heterocycles. The first kappa shape index (κ1) is 38.1. The summed E-state index contributed by atoms with van der Waals surface area (Å²) in [5.41, 5.74) is 7.95. The molecule has 0 bridgehead atoms. The van der Waals surface area contributed by atoms with E-state index in [1.54, 1.807) is 73.8 Å². The van der Waals surface area contributed by atoms with E-state index in [0.717, 1.165) is 86.4 Å². The Kier molecular flexibility index (Phi) is 8.58. The van der Waals surface area contributed by atoms with Gasteiger partial charge in [0.2, 0.25) is 0 Å². The first-order valence-electron chi connectivity index (χ1n) is 19.6. The third-order valence-corrected chi connectivity index (χ3v) is 20.1. The summed E-state index contributed by atoms with van der Waals surface area (Å²) in [5.74, 6) is 3.13. The molecule has 2 aliphatic carbocycles. The second-order valence-corrected chi connectivity index (χ2v) is 21.5. The Hall–Kier alpha value is -5.60. The average Bonchev–Trinajstić information content (AvgIpc) is 4.20. The molecule has 0 radical (unpaired) electrons. The van der Waals surface area contributed by atoms with Gasteiger partial charge < -0.3 is 18.9 Å². The zero-order valence-electron chi connectivity index (χ0n) is 33.4. The maximum Gasteiger partial charge on any atom is 0.160 e. The van der Waals surface area contributed by atoms with Crippen LogP contribution in [-0.2, 0) is 10.8 Å². The van der Waals surface area contributed by atoms with Crippen LogP contribution in [0.4, 0.5) is 0 Å². The van der Waals surface area contributed by atoms with Crippen molar-refractivity contribution in [3.63, 3.8) is 0 Å². The Bertz CT molecular complexity index is 3100. The maximum absolute atomic E-state index is 12.3. The number of hydrogen-bond donors (Lipinski definition) is 0. The number of thiophene rings is 6. The fraction of sp³-hybridized carbons (Fsp3) is 0.120. The molecule has 10 aromatic rings. The predicted molar refractivity (Wildman–Crippen MR) is 258 cm³/mol. The Labute approximate surface area is 379 Å². The number of rotatable bonds is 10. The number of aldehydes is 2. The summed E-state index contributed by atoms with van der Waals surface area (Å²) in [6.07, 6.45) is 1.94. The van der Waals surface area contributed by atoms with E-state index >= 15 is 0 Å². The highest BCUT2D eigenvalue weighted by molar-refractivity contribution is 7.37. The molecule has 4 aromatic carbocycles. The van der Waals surface area contributed by atoms with Crippen LogP contribution in [0.2, 0.25) is 0 Å². The topological polar surface area (TPSA) is 71.1 Å². The molecule has 0 amide bonds. The lowest BCUT2D eigenvalue weighted by molar-refractivity contribution is 0.111. The monoisotopic (exact) mass is 920 g/mol. The lowest BCUT2D eigenvalue weighted by Crippen LogP contribution is -2.29. The smallest absolute Gasteiger partial charge is 0.160 e. The van der Waals surface area contributed by atoms with Crippen LogP contribution in [0.1, 0.15) is 63.9 Å². The molecule has 0 unspecified atom stereocenters. The van der Waals surface area contributed by atoms with E-state index in [0.29, 0.717) is 0 Å². The van der Waals surface area contributed by atoms with Crippen molar-refractivity contribution in [1.82, 2.24) is 0 Å². The van der Waals surface area contributed by atoms with Crippen molar-refractivity contribution in [3.05, 3.63) is 163 Å². The van der Waals surface area contributed by atoms with Gasteiger partial charge in [0.1, 0.15) is 23.0 Å². The van der Waals surface area contributed by atoms with Crippen LogP contribution in [0.5, 0.6) is 23.0 Å². The van der Waals surface area contributed by atoms with E-state index in [9.17, 15) is 9.59 Å². The van der Waals surface area contributed by atoms with Crippen molar-refractivity contribution < 1.29 is 28.5 Å². The molecule has 62 heavy (non-hydrogen) atoms. The molecule has 0 saturated carbocycles. The Morgan fingerprint density at radius 3 is 0.919 bits per heavy atom. The minimum atomic E-state index is -0.746. The van der Waals surface area contributed by atoms with Gasteiger partial charge in [0, 0.05) is 31.7 Å². The molecule has 0 N–H and O–H groups in total. The van der Waals surface area contributed by atoms with E-state index in [1.165, 1.54) is 51.2 Å². The number of ether oxygens (including phenoxy) is 4. The molecule has 6 aromatic heterocycles. The van der Waals surface area contributed by atoms with E-state index < -0.39 is 10.8 Å². The maximum atomic E-state index is 12.3. The molecule has 6 nitrogen and oxygen atoms in total.